The van der Waals surface area contributed by atoms with Gasteiger partial charge < -0.3 is 35.7 Å². The van der Waals surface area contributed by atoms with Crippen molar-refractivity contribution >= 4 is 42.8 Å². The number of likely N-dealkylation sites (tertiary alicyclic amines) is 1. The number of rotatable bonds is 20. The molecule has 0 aliphatic carbocycles. The normalized spacial score (nSPS) is 21.5. The first-order valence-corrected chi connectivity index (χ1v) is 24.7. The molecule has 4 rings (SSSR count). The number of nitrogens with zero attached hydrogens (tertiary/aromatic N) is 3. The van der Waals surface area contributed by atoms with E-state index < -0.39 is 86.2 Å². The number of carbonyl (C=O) groups is 6. The van der Waals surface area contributed by atoms with E-state index in [1.165, 1.54) is 24.3 Å². The van der Waals surface area contributed by atoms with E-state index in [9.17, 15) is 48.2 Å². The van der Waals surface area contributed by atoms with Crippen LogP contribution in [0.2, 0.25) is 0 Å². The third kappa shape index (κ3) is 17.0. The average molecular weight is 900 g/mol. The fraction of sp³-hybridized carbons (Fsp3) is 0.674. The molecule has 2 aliphatic rings. The number of ketones is 2. The van der Waals surface area contributed by atoms with Gasteiger partial charge >= 0.3 is 7.60 Å². The number of hydrogen-bond donors (Lipinski definition) is 6. The number of fused-ring (bicyclic) bond motifs is 2. The minimum Gasteiger partial charge on any atom is -0.394 e. The van der Waals surface area contributed by atoms with Crippen molar-refractivity contribution in [2.75, 3.05) is 25.9 Å². The molecule has 17 heteroatoms. The second kappa shape index (κ2) is 25.3. The zero-order chi connectivity index (χ0) is 46.1. The van der Waals surface area contributed by atoms with Crippen molar-refractivity contribution < 1.29 is 52.8 Å². The van der Waals surface area contributed by atoms with Crippen LogP contribution in [0.15, 0.2) is 42.9 Å². The van der Waals surface area contributed by atoms with Gasteiger partial charge in [0.25, 0.3) is 0 Å². The van der Waals surface area contributed by atoms with E-state index in [-0.39, 0.29) is 37.0 Å². The molecule has 0 spiro atoms. The second-order valence-electron chi connectivity index (χ2n) is 18.1. The van der Waals surface area contributed by atoms with Gasteiger partial charge in [-0.15, -0.1) is 0 Å². The Morgan fingerprint density at radius 1 is 0.952 bits per heavy atom. The van der Waals surface area contributed by atoms with Gasteiger partial charge in [-0.05, 0) is 62.3 Å². The first-order chi connectivity index (χ1) is 29.9. The molecule has 3 heterocycles. The van der Waals surface area contributed by atoms with Gasteiger partial charge in [0.15, 0.2) is 11.6 Å². The van der Waals surface area contributed by atoms with Crippen molar-refractivity contribution in [2.24, 2.45) is 23.7 Å². The quantitative estimate of drug-likeness (QED) is 0.0645. The predicted molar refractivity (Wildman–Crippen MR) is 237 cm³/mol. The van der Waals surface area contributed by atoms with Crippen molar-refractivity contribution in [1.82, 2.24) is 25.4 Å². The molecule has 4 amide bonds. The highest BCUT2D eigenvalue weighted by Crippen LogP contribution is 2.39. The number of aliphatic hydroxyl groups is 1. The standard InChI is InChI=1S/C46H71N6O10P/c1-32(2)24-39(48-46(59)41-19-14-23-52(41)34(4)54)42(55)26-36-25-37-28-50(31-51(37)22-13-8-6-5-7-10-16-35-17-11-9-12-18-35)21-15-20-47-45(58)38(33(3)30-63(60,61)62)27-43(56)40(29-53)49-44(36)57/h9,11-12,17-18,28,31-33,36,38-41,53H,5-8,10,13-16,19-27,29-30H2,1-4H3,(H4-,47,48,49,57,58,59,60,61,62)/p+1. The Balaban J connectivity index is 1.58. The third-order valence-corrected chi connectivity index (χ3v) is 13.4. The molecule has 6 atom stereocenters. The highest BCUT2D eigenvalue weighted by molar-refractivity contribution is 7.51. The fourth-order valence-electron chi connectivity index (χ4n) is 8.87. The third-order valence-electron chi connectivity index (χ3n) is 12.3. The largest absolute Gasteiger partial charge is 0.394 e. The monoisotopic (exact) mass is 900 g/mol. The Morgan fingerprint density at radius 2 is 1.65 bits per heavy atom. The number of carbonyl (C=O) groups excluding carboxylic acids is 6. The number of unbranched alkanes of at least 4 members (excludes halogenated alkanes) is 5. The van der Waals surface area contributed by atoms with Crippen molar-refractivity contribution in [2.45, 2.75) is 149 Å². The predicted octanol–water partition coefficient (Wildman–Crippen LogP) is 3.40. The molecule has 2 aliphatic heterocycles. The van der Waals surface area contributed by atoms with Crippen LogP contribution in [0.3, 0.4) is 0 Å². The maximum absolute atomic E-state index is 14.4. The molecule has 2 bridgehead atoms. The molecule has 63 heavy (non-hydrogen) atoms. The summed E-state index contributed by atoms with van der Waals surface area (Å²) in [5.74, 6) is -6.05. The molecule has 0 radical (unpaired) electrons. The molecule has 350 valence electrons. The van der Waals surface area contributed by atoms with Crippen LogP contribution in [0.25, 0.3) is 0 Å². The molecule has 6 N–H and O–H groups in total. The van der Waals surface area contributed by atoms with E-state index in [1.54, 1.807) is 0 Å². The van der Waals surface area contributed by atoms with Gasteiger partial charge in [0.1, 0.15) is 24.0 Å². The number of aromatic nitrogens is 2. The number of hydrogen-bond acceptors (Lipinski definition) is 8. The first-order valence-electron chi connectivity index (χ1n) is 22.9. The number of Topliss-reactive ketones (excluding diaryl/α,β-unsaturated/α-hetero) is 2. The fourth-order valence-corrected chi connectivity index (χ4v) is 9.87. The van der Waals surface area contributed by atoms with Gasteiger partial charge in [-0.25, -0.2) is 9.13 Å². The van der Waals surface area contributed by atoms with Crippen LogP contribution in [0, 0.1) is 23.7 Å². The molecule has 6 unspecified atom stereocenters. The molecule has 2 aromatic rings. The summed E-state index contributed by atoms with van der Waals surface area (Å²) < 4.78 is 16.0. The number of aryl methyl sites for hydroxylation is 3. The summed E-state index contributed by atoms with van der Waals surface area (Å²) in [6.45, 7) is 7.75. The van der Waals surface area contributed by atoms with Gasteiger partial charge in [0, 0.05) is 51.6 Å². The van der Waals surface area contributed by atoms with Gasteiger partial charge in [0.2, 0.25) is 30.0 Å². The highest BCUT2D eigenvalue weighted by atomic mass is 31.2. The zero-order valence-electron chi connectivity index (χ0n) is 37.7. The molecule has 16 nitrogen and oxygen atoms in total. The number of benzene rings is 1. The highest BCUT2D eigenvalue weighted by Gasteiger charge is 2.38. The summed E-state index contributed by atoms with van der Waals surface area (Å²) in [5, 5.41) is 18.8. The number of amides is 4. The summed E-state index contributed by atoms with van der Waals surface area (Å²) in [6, 6.07) is 7.34. The molecule has 1 aromatic carbocycles. The summed E-state index contributed by atoms with van der Waals surface area (Å²) in [5.41, 5.74) is 2.13. The summed E-state index contributed by atoms with van der Waals surface area (Å²) in [4.78, 5) is 103. The Labute approximate surface area is 372 Å². The topological polar surface area (TPSA) is 228 Å². The first kappa shape index (κ1) is 51.4. The van der Waals surface area contributed by atoms with Gasteiger partial charge in [0.05, 0.1) is 37.8 Å². The van der Waals surface area contributed by atoms with E-state index in [4.69, 9.17) is 0 Å². The molecule has 0 saturated carbocycles. The smallest absolute Gasteiger partial charge is 0.325 e. The van der Waals surface area contributed by atoms with Crippen molar-refractivity contribution in [3.05, 3.63) is 54.1 Å². The zero-order valence-corrected chi connectivity index (χ0v) is 38.6. The lowest BCUT2D eigenvalue weighted by molar-refractivity contribution is -0.696. The number of nitrogens with one attached hydrogen (secondary N) is 3. The van der Waals surface area contributed by atoms with Crippen LogP contribution in [0.5, 0.6) is 0 Å². The van der Waals surface area contributed by atoms with E-state index in [0.717, 1.165) is 50.6 Å². The van der Waals surface area contributed by atoms with Crippen LogP contribution >= 0.6 is 7.60 Å². The van der Waals surface area contributed by atoms with Gasteiger partial charge in [-0.3, -0.25) is 33.3 Å². The Kier molecular flexibility index (Phi) is 20.6. The summed E-state index contributed by atoms with van der Waals surface area (Å²) in [7, 11) is -4.56. The summed E-state index contributed by atoms with van der Waals surface area (Å²) >= 11 is 0. The maximum Gasteiger partial charge on any atom is 0.325 e. The minimum atomic E-state index is -4.56. The second-order valence-corrected chi connectivity index (χ2v) is 19.8. The number of aliphatic hydroxyl groups excluding tert-OH is 1. The van der Waals surface area contributed by atoms with Crippen LogP contribution in [0.1, 0.15) is 116 Å². The number of imidazole rings is 1. The molecular formula is C46H72N6O10P+. The maximum atomic E-state index is 14.4. The lowest BCUT2D eigenvalue weighted by atomic mass is 9.87. The lowest BCUT2D eigenvalue weighted by Gasteiger charge is -2.27. The van der Waals surface area contributed by atoms with Crippen LogP contribution in [-0.4, -0.2) is 104 Å². The summed E-state index contributed by atoms with van der Waals surface area (Å²) in [6.07, 6.45) is 11.9. The van der Waals surface area contributed by atoms with E-state index in [2.05, 4.69) is 44.8 Å². The average Bonchev–Trinajstić information content (AvgIpc) is 3.87. The van der Waals surface area contributed by atoms with Crippen LogP contribution in [-0.2, 0) is 59.3 Å². The van der Waals surface area contributed by atoms with E-state index in [0.29, 0.717) is 45.3 Å². The lowest BCUT2D eigenvalue weighted by Crippen LogP contribution is -2.52. The van der Waals surface area contributed by atoms with Crippen molar-refractivity contribution in [1.29, 1.82) is 0 Å². The molecule has 1 saturated heterocycles. The van der Waals surface area contributed by atoms with Crippen LogP contribution in [0.4, 0.5) is 0 Å². The Bertz CT molecular complexity index is 1880. The molecule has 1 aromatic heterocycles. The minimum absolute atomic E-state index is 0.00729. The van der Waals surface area contributed by atoms with Gasteiger partial charge in [-0.1, -0.05) is 70.4 Å². The Hall–Kier alpha value is -4.24. The SMILES string of the molecule is CC(=O)N1CCCC1C(=O)NC(CC(C)C)C(=O)CC1Cc2c[n+](cn2CCCCCCCCc2ccccc2)CCCNC(=O)C(C(C)CP(=O)(O)O)CC(=O)C(CO)NC1=O. The van der Waals surface area contributed by atoms with E-state index in [1.807, 2.05) is 37.0 Å². The van der Waals surface area contributed by atoms with Crippen molar-refractivity contribution in [3.8, 4) is 0 Å². The van der Waals surface area contributed by atoms with Gasteiger partial charge in [-0.2, -0.15) is 0 Å². The molecular weight excluding hydrogens is 828 g/mol. The molecule has 1 fully saturated rings. The van der Waals surface area contributed by atoms with Crippen molar-refractivity contribution in [3.63, 3.8) is 0 Å². The van der Waals surface area contributed by atoms with Crippen LogP contribution < -0.4 is 20.5 Å². The Morgan fingerprint density at radius 3 is 2.32 bits per heavy atom. The van der Waals surface area contributed by atoms with E-state index >= 15 is 0 Å².